The van der Waals surface area contributed by atoms with Crippen LogP contribution in [-0.4, -0.2) is 19.0 Å². The fraction of sp³-hybridized carbons (Fsp3) is 0.500. The van der Waals surface area contributed by atoms with Gasteiger partial charge in [-0.2, -0.15) is 0 Å². The fourth-order valence-electron chi connectivity index (χ4n) is 0.683. The number of ether oxygens (including phenoxy) is 1. The van der Waals surface area contributed by atoms with Crippen LogP contribution in [0.25, 0.3) is 0 Å². The predicted molar refractivity (Wildman–Crippen MR) is 29.6 cm³/mol. The fourth-order valence-corrected chi connectivity index (χ4v) is 0.683. The van der Waals surface area contributed by atoms with Crippen LogP contribution < -0.4 is 0 Å². The van der Waals surface area contributed by atoms with Gasteiger partial charge in [0.15, 0.2) is 6.29 Å². The molecule has 1 unspecified atom stereocenters. The third-order valence-electron chi connectivity index (χ3n) is 1.09. The van der Waals surface area contributed by atoms with Crippen LogP contribution in [0.4, 0.5) is 0 Å². The van der Waals surface area contributed by atoms with E-state index in [0.29, 0.717) is 6.61 Å². The standard InChI is InChI=1S/C6H8O2/c1-5-2-6(3-7)8-4-5/h2-3,6H,4H2,1H3. The molecule has 1 heterocycles. The molecule has 0 saturated heterocycles. The minimum atomic E-state index is -0.269. The topological polar surface area (TPSA) is 26.3 Å². The Bertz CT molecular complexity index is 126. The Labute approximate surface area is 48.1 Å². The van der Waals surface area contributed by atoms with Crippen LogP contribution in [-0.2, 0) is 9.53 Å². The molecule has 1 aliphatic rings. The van der Waals surface area contributed by atoms with Gasteiger partial charge in [-0.25, -0.2) is 0 Å². The maximum Gasteiger partial charge on any atom is 0.152 e. The summed E-state index contributed by atoms with van der Waals surface area (Å²) >= 11 is 0. The molecule has 0 saturated carbocycles. The summed E-state index contributed by atoms with van der Waals surface area (Å²) in [6, 6.07) is 0. The average molecular weight is 112 g/mol. The molecule has 1 aliphatic heterocycles. The SMILES string of the molecule is CC1=CC(C=O)OC1. The van der Waals surface area contributed by atoms with Crippen molar-refractivity contribution in [3.8, 4) is 0 Å². The molecule has 1 atom stereocenters. The summed E-state index contributed by atoms with van der Waals surface area (Å²) in [5.74, 6) is 0. The van der Waals surface area contributed by atoms with E-state index in [9.17, 15) is 4.79 Å². The molecule has 2 heteroatoms. The number of hydrogen-bond acceptors (Lipinski definition) is 2. The second kappa shape index (κ2) is 2.09. The summed E-state index contributed by atoms with van der Waals surface area (Å²) in [6.45, 7) is 2.56. The van der Waals surface area contributed by atoms with Crippen molar-refractivity contribution in [1.29, 1.82) is 0 Å². The highest BCUT2D eigenvalue weighted by atomic mass is 16.5. The Morgan fingerprint density at radius 3 is 3.00 bits per heavy atom. The second-order valence-electron chi connectivity index (χ2n) is 1.92. The van der Waals surface area contributed by atoms with Crippen molar-refractivity contribution in [2.45, 2.75) is 13.0 Å². The normalized spacial score (nSPS) is 27.6. The van der Waals surface area contributed by atoms with Gasteiger partial charge in [0.2, 0.25) is 0 Å². The molecule has 0 aromatic carbocycles. The van der Waals surface area contributed by atoms with Gasteiger partial charge in [0, 0.05) is 0 Å². The highest BCUT2D eigenvalue weighted by Crippen LogP contribution is 2.07. The van der Waals surface area contributed by atoms with Crippen LogP contribution in [0.15, 0.2) is 11.6 Å². The lowest BCUT2D eigenvalue weighted by Crippen LogP contribution is -2.04. The van der Waals surface area contributed by atoms with E-state index in [2.05, 4.69) is 0 Å². The quantitative estimate of drug-likeness (QED) is 0.365. The van der Waals surface area contributed by atoms with E-state index in [-0.39, 0.29) is 6.10 Å². The first-order chi connectivity index (χ1) is 3.83. The van der Waals surface area contributed by atoms with Gasteiger partial charge in [-0.15, -0.1) is 0 Å². The Hall–Kier alpha value is -0.630. The lowest BCUT2D eigenvalue weighted by molar-refractivity contribution is -0.114. The molecule has 0 amide bonds. The van der Waals surface area contributed by atoms with Gasteiger partial charge in [0.1, 0.15) is 6.10 Å². The maximum atomic E-state index is 9.98. The van der Waals surface area contributed by atoms with E-state index < -0.39 is 0 Å². The highest BCUT2D eigenvalue weighted by molar-refractivity contribution is 5.60. The molecule has 0 bridgehead atoms. The molecular weight excluding hydrogens is 104 g/mol. The molecule has 0 aromatic rings. The zero-order chi connectivity index (χ0) is 5.98. The summed E-state index contributed by atoms with van der Waals surface area (Å²) < 4.78 is 4.95. The minimum absolute atomic E-state index is 0.269. The molecule has 0 fully saturated rings. The van der Waals surface area contributed by atoms with Crippen molar-refractivity contribution in [2.75, 3.05) is 6.61 Å². The Kier molecular flexibility index (Phi) is 1.44. The molecule has 0 spiro atoms. The summed E-state index contributed by atoms with van der Waals surface area (Å²) in [6.07, 6.45) is 2.36. The van der Waals surface area contributed by atoms with Crippen molar-refractivity contribution >= 4 is 6.29 Å². The number of carbonyl (C=O) groups excluding carboxylic acids is 1. The van der Waals surface area contributed by atoms with Gasteiger partial charge in [-0.3, -0.25) is 0 Å². The van der Waals surface area contributed by atoms with E-state index in [0.717, 1.165) is 11.9 Å². The maximum absolute atomic E-state index is 9.98. The largest absolute Gasteiger partial charge is 0.362 e. The molecule has 1 rings (SSSR count). The van der Waals surface area contributed by atoms with Crippen molar-refractivity contribution in [3.63, 3.8) is 0 Å². The smallest absolute Gasteiger partial charge is 0.152 e. The summed E-state index contributed by atoms with van der Waals surface area (Å²) in [7, 11) is 0. The first-order valence-corrected chi connectivity index (χ1v) is 2.57. The average Bonchev–Trinajstić information content (AvgIpc) is 2.14. The molecule has 0 radical (unpaired) electrons. The first-order valence-electron chi connectivity index (χ1n) is 2.57. The second-order valence-corrected chi connectivity index (χ2v) is 1.92. The highest BCUT2D eigenvalue weighted by Gasteiger charge is 2.10. The molecule has 8 heavy (non-hydrogen) atoms. The van der Waals surface area contributed by atoms with Crippen molar-refractivity contribution in [3.05, 3.63) is 11.6 Å². The Morgan fingerprint density at radius 1 is 2.00 bits per heavy atom. The predicted octanol–water partition coefficient (Wildman–Crippen LogP) is 0.530. The molecular formula is C6H8O2. The van der Waals surface area contributed by atoms with Crippen LogP contribution in [0, 0.1) is 0 Å². The van der Waals surface area contributed by atoms with E-state index in [1.165, 1.54) is 0 Å². The Morgan fingerprint density at radius 2 is 2.75 bits per heavy atom. The zero-order valence-corrected chi connectivity index (χ0v) is 4.76. The van der Waals surface area contributed by atoms with Crippen LogP contribution in [0.5, 0.6) is 0 Å². The van der Waals surface area contributed by atoms with Crippen LogP contribution in [0.3, 0.4) is 0 Å². The zero-order valence-electron chi connectivity index (χ0n) is 4.76. The molecule has 0 aromatic heterocycles. The molecule has 44 valence electrons. The van der Waals surface area contributed by atoms with Crippen LogP contribution >= 0.6 is 0 Å². The Balaban J connectivity index is 2.53. The van der Waals surface area contributed by atoms with E-state index >= 15 is 0 Å². The summed E-state index contributed by atoms with van der Waals surface area (Å²) in [5.41, 5.74) is 1.14. The van der Waals surface area contributed by atoms with Crippen LogP contribution in [0.1, 0.15) is 6.92 Å². The third-order valence-corrected chi connectivity index (χ3v) is 1.09. The molecule has 0 aliphatic carbocycles. The van der Waals surface area contributed by atoms with E-state index in [1.54, 1.807) is 0 Å². The summed E-state index contributed by atoms with van der Waals surface area (Å²) in [5, 5.41) is 0. The van der Waals surface area contributed by atoms with E-state index in [1.807, 2.05) is 13.0 Å². The minimum Gasteiger partial charge on any atom is -0.362 e. The third kappa shape index (κ3) is 0.954. The first kappa shape index (κ1) is 5.51. The van der Waals surface area contributed by atoms with Gasteiger partial charge >= 0.3 is 0 Å². The molecule has 2 nitrogen and oxygen atoms in total. The van der Waals surface area contributed by atoms with Crippen molar-refractivity contribution in [1.82, 2.24) is 0 Å². The number of carbonyl (C=O) groups is 1. The number of rotatable bonds is 1. The number of hydrogen-bond donors (Lipinski definition) is 0. The van der Waals surface area contributed by atoms with Gasteiger partial charge in [-0.1, -0.05) is 0 Å². The number of aldehydes is 1. The lowest BCUT2D eigenvalue weighted by Gasteiger charge is -1.93. The van der Waals surface area contributed by atoms with Crippen molar-refractivity contribution in [2.24, 2.45) is 0 Å². The van der Waals surface area contributed by atoms with Crippen LogP contribution in [0.2, 0.25) is 0 Å². The summed E-state index contributed by atoms with van der Waals surface area (Å²) in [4.78, 5) is 9.98. The lowest BCUT2D eigenvalue weighted by atomic mass is 10.3. The van der Waals surface area contributed by atoms with Gasteiger partial charge in [-0.05, 0) is 18.6 Å². The van der Waals surface area contributed by atoms with Crippen molar-refractivity contribution < 1.29 is 9.53 Å². The van der Waals surface area contributed by atoms with Gasteiger partial charge in [0.05, 0.1) is 6.61 Å². The van der Waals surface area contributed by atoms with Gasteiger partial charge < -0.3 is 9.53 Å². The molecule has 0 N–H and O–H groups in total. The van der Waals surface area contributed by atoms with E-state index in [4.69, 9.17) is 4.74 Å². The van der Waals surface area contributed by atoms with Gasteiger partial charge in [0.25, 0.3) is 0 Å². The monoisotopic (exact) mass is 112 g/mol.